The molecule has 21 atom stereocenters. The quantitative estimate of drug-likeness (QED) is 0.0233. The Morgan fingerprint density at radius 1 is 0.431 bits per heavy atom. The van der Waals surface area contributed by atoms with E-state index in [9.17, 15) is 59.1 Å². The van der Waals surface area contributed by atoms with E-state index in [0.29, 0.717) is 41.7 Å². The molecule has 0 saturated carbocycles. The molecule has 686 valence electrons. The maximum absolute atomic E-state index is 12.1. The Balaban J connectivity index is 0.000000230. The van der Waals surface area contributed by atoms with Gasteiger partial charge in [0.25, 0.3) is 22.2 Å². The summed E-state index contributed by atoms with van der Waals surface area (Å²) in [6.45, 7) is 22.4. The van der Waals surface area contributed by atoms with Gasteiger partial charge in [-0.2, -0.15) is 4.98 Å². The molecule has 0 aliphatic carbocycles. The summed E-state index contributed by atoms with van der Waals surface area (Å²) in [4.78, 5) is 91.8. The summed E-state index contributed by atoms with van der Waals surface area (Å²) >= 11 is 7.22. The fraction of sp³-hybridized carbons (Fsp3) is 0.600. The number of hydrogen-bond donors (Lipinski definition) is 9. The number of hydrogen-bond acceptors (Lipinski definition) is 30. The van der Waals surface area contributed by atoms with E-state index < -0.39 is 131 Å². The maximum atomic E-state index is 12.1. The second-order valence-electron chi connectivity index (χ2n) is 29.8. The Morgan fingerprint density at radius 2 is 0.756 bits per heavy atom. The zero-order valence-corrected chi connectivity index (χ0v) is 74.2. The van der Waals surface area contributed by atoms with Crippen molar-refractivity contribution in [3.63, 3.8) is 0 Å². The Morgan fingerprint density at radius 3 is 1.07 bits per heavy atom. The van der Waals surface area contributed by atoms with Crippen LogP contribution in [-0.2, 0) is 66.5 Å². The van der Waals surface area contributed by atoms with Gasteiger partial charge in [-0.25, -0.2) is 14.4 Å². The number of benzene rings is 3. The minimum Gasteiger partial charge on any atom is -0.497 e. The topological polar surface area (TPSA) is 469 Å². The van der Waals surface area contributed by atoms with Gasteiger partial charge in [0.15, 0.2) is 31.0 Å². The number of nitrogens with one attached hydrogen (secondary N) is 3. The normalized spacial score (nSPS) is 24.6. The smallest absolute Gasteiger partial charge is 0.330 e. The first-order chi connectivity index (χ1) is 58.6. The van der Waals surface area contributed by atoms with E-state index in [1.165, 1.54) is 34.8 Å². The van der Waals surface area contributed by atoms with Crippen molar-refractivity contribution in [3.8, 4) is 17.5 Å². The van der Waals surface area contributed by atoms with Gasteiger partial charge in [-0.05, 0) is 123 Å². The number of aryl methyl sites for hydroxylation is 4. The molecule has 9 N–H and O–H groups in total. The Hall–Kier alpha value is -8.49. The highest BCUT2D eigenvalue weighted by Crippen LogP contribution is 2.45. The lowest BCUT2D eigenvalue weighted by Crippen LogP contribution is -2.41. The van der Waals surface area contributed by atoms with Gasteiger partial charge in [-0.3, -0.25) is 52.4 Å². The van der Waals surface area contributed by atoms with Gasteiger partial charge >= 0.3 is 23.1 Å². The third kappa shape index (κ3) is 27.3. The molecule has 5 aliphatic heterocycles. The van der Waals surface area contributed by atoms with Crippen LogP contribution in [0.25, 0.3) is 0 Å². The second-order valence-corrected chi connectivity index (χ2v) is 30.4. The monoisotopic (exact) mass is 1760 g/mol. The van der Waals surface area contributed by atoms with Crippen LogP contribution in [0.5, 0.6) is 17.5 Å². The molecule has 37 nitrogen and oxygen atoms in total. The number of methoxy groups -OCH3 is 8. The third-order valence-corrected chi connectivity index (χ3v) is 21.5. The van der Waals surface area contributed by atoms with Gasteiger partial charge in [0.2, 0.25) is 0 Å². The summed E-state index contributed by atoms with van der Waals surface area (Å²) in [6.07, 6.45) is -3.84. The number of H-pyrrole nitrogens is 3. The molecule has 4 fully saturated rings. The van der Waals surface area contributed by atoms with Crippen molar-refractivity contribution in [2.75, 3.05) is 96.5 Å². The summed E-state index contributed by atoms with van der Waals surface area (Å²) in [5, 5.41) is 58.6. The van der Waals surface area contributed by atoms with E-state index in [1.807, 2.05) is 120 Å². The lowest BCUT2D eigenvalue weighted by atomic mass is 9.84. The van der Waals surface area contributed by atoms with Gasteiger partial charge in [0.05, 0.1) is 103 Å². The molecule has 4 saturated heterocycles. The van der Waals surface area contributed by atoms with Gasteiger partial charge in [0, 0.05) is 89.7 Å². The van der Waals surface area contributed by atoms with Gasteiger partial charge in [0.1, 0.15) is 65.2 Å². The van der Waals surface area contributed by atoms with Crippen LogP contribution < -0.4 is 53.5 Å². The zero-order valence-electron chi connectivity index (χ0n) is 73.5. The second kappa shape index (κ2) is 50.0. The number of rotatable bonds is 29. The van der Waals surface area contributed by atoms with Crippen molar-refractivity contribution < 1.29 is 106 Å². The number of fused-ring (bicyclic) bond motifs is 3. The molecule has 0 radical (unpaired) electrons. The fourth-order valence-corrected chi connectivity index (χ4v) is 13.4. The van der Waals surface area contributed by atoms with E-state index >= 15 is 0 Å². The molecule has 123 heavy (non-hydrogen) atoms. The number of alkyl halides is 1. The number of aliphatic hydroxyl groups excluding tert-OH is 6. The molecule has 7 aromatic rings. The molecule has 0 bridgehead atoms. The van der Waals surface area contributed by atoms with Crippen molar-refractivity contribution in [1.29, 1.82) is 0 Å². The van der Waals surface area contributed by atoms with E-state index in [-0.39, 0.29) is 80.8 Å². The average molecular weight is 1760 g/mol. The Labute approximate surface area is 718 Å². The highest BCUT2D eigenvalue weighted by molar-refractivity contribution is 6.28. The maximum Gasteiger partial charge on any atom is 0.330 e. The molecule has 3 aromatic carbocycles. The van der Waals surface area contributed by atoms with Crippen molar-refractivity contribution in [1.82, 2.24) is 38.2 Å². The van der Waals surface area contributed by atoms with Crippen LogP contribution in [0.2, 0.25) is 0 Å². The summed E-state index contributed by atoms with van der Waals surface area (Å²) in [6, 6.07) is 26.0. The molecule has 0 spiro atoms. The lowest BCUT2D eigenvalue weighted by Gasteiger charge is -2.29. The van der Waals surface area contributed by atoms with Gasteiger partial charge in [-0.15, -0.1) is 11.6 Å². The SMILES string of the molecule is CC[C@H]1O[C@@H](n2cc(C)c(=O)[nH]c2=O)[C@@H](OCC(C)OC)C1O.CC[C@H]1O[C@@H](n2cc(C)c(=O)[nH]c2=O)[C@@H](OCC(C)OC)C1O.CC[C@H]1O[C@@H]2[C@H](Oc3nc(=O)c(C)cn32)C1O.COC(C)CO.COC(C)CO[C@H]1C(O)[C@@H](CO)O[C@H]1n1cc(C)c(=O)[nH]c1=O.COCC(C)OC.COc1ccc(C(Cl)(c2ccccc2)c2ccc(OC)cc2)cc1. The predicted octanol–water partition coefficient (Wildman–Crippen LogP) is 4.28. The first kappa shape index (κ1) is 103. The number of aromatic nitrogens is 8. The number of aromatic amines is 3. The van der Waals surface area contributed by atoms with Crippen molar-refractivity contribution >= 4 is 11.6 Å². The summed E-state index contributed by atoms with van der Waals surface area (Å²) in [5.74, 6) is 1.61. The van der Waals surface area contributed by atoms with Crippen LogP contribution in [0, 0.1) is 27.7 Å². The zero-order chi connectivity index (χ0) is 91.3. The van der Waals surface area contributed by atoms with E-state index in [4.69, 9.17) is 87.8 Å². The molecule has 5 aliphatic rings. The largest absolute Gasteiger partial charge is 0.497 e. The number of ether oxygens (including phenoxy) is 16. The van der Waals surface area contributed by atoms with E-state index in [0.717, 1.165) is 39.2 Å². The average Bonchev–Trinajstić information content (AvgIpc) is 1.68. The van der Waals surface area contributed by atoms with Crippen molar-refractivity contribution in [3.05, 3.63) is 215 Å². The van der Waals surface area contributed by atoms with Crippen LogP contribution in [0.3, 0.4) is 0 Å². The molecule has 9 unspecified atom stereocenters. The summed E-state index contributed by atoms with van der Waals surface area (Å²) in [7, 11) is 12.9. The molecular formula is C85H125ClN8O29. The molecule has 9 heterocycles. The van der Waals surface area contributed by atoms with Crippen LogP contribution in [-0.4, -0.2) is 269 Å². The van der Waals surface area contributed by atoms with E-state index in [2.05, 4.69) is 24.7 Å². The number of aliphatic hydroxyl groups is 6. The summed E-state index contributed by atoms with van der Waals surface area (Å²) < 4.78 is 90.9. The fourth-order valence-electron chi connectivity index (χ4n) is 13.0. The molecule has 0 amide bonds. The van der Waals surface area contributed by atoms with Gasteiger partial charge < -0.3 is 106 Å². The first-order valence-corrected chi connectivity index (χ1v) is 40.7. The number of nitrogens with zero attached hydrogens (tertiary/aromatic N) is 5. The van der Waals surface area contributed by atoms with Gasteiger partial charge in [-0.1, -0.05) is 75.4 Å². The molecule has 38 heteroatoms. The Kier molecular flexibility index (Phi) is 42.0. The van der Waals surface area contributed by atoms with Crippen LogP contribution in [0.15, 0.2) is 137 Å². The lowest BCUT2D eigenvalue weighted by molar-refractivity contribution is -0.0943. The third-order valence-electron chi connectivity index (χ3n) is 20.9. The predicted molar refractivity (Wildman–Crippen MR) is 452 cm³/mol. The minimum atomic E-state index is -1.12. The van der Waals surface area contributed by atoms with Crippen LogP contribution in [0.4, 0.5) is 0 Å². The molecule has 12 rings (SSSR count). The Bertz CT molecular complexity index is 4440. The highest BCUT2D eigenvalue weighted by Gasteiger charge is 2.52. The first-order valence-electron chi connectivity index (χ1n) is 40.4. The van der Waals surface area contributed by atoms with Crippen molar-refractivity contribution in [2.45, 2.75) is 236 Å². The van der Waals surface area contributed by atoms with E-state index in [1.54, 1.807) is 102 Å². The van der Waals surface area contributed by atoms with Crippen molar-refractivity contribution in [2.24, 2.45) is 0 Å². The minimum absolute atomic E-state index is 0.00926. The van der Waals surface area contributed by atoms with Crippen LogP contribution >= 0.6 is 11.6 Å². The molecular weight excluding hydrogens is 1630 g/mol. The standard InChI is InChI=1S/C21H19ClO2.2C15H24N2O6.C14H22N2O7.C11H14N2O4.C5H12O2.C4H10O2/c1-23-19-12-8-17(9-13-19)21(22,16-6-4-3-5-7-16)18-10-14-20(24-2)15-11-18;2*1-5-10-11(18)12(22-7-9(3)21-4)14(23-10)17-6-8(2)13(19)16-15(17)20;1-7-4-16(14(20)15-12(7)19)13-11(22-6-8(2)21-3)10(18)9(5-17)23-13;1-3-6-7(14)8-10(16-6)13-4-5(2)9(15)12-11(13)17-8;1-5(7-3)4-6-2;1-4(3-5)6-2/h3-15H,1-2H3;2*6,9-12,14,18H,5,7H2,1-4H3,(H,16,19,20);4,8-11,13,17-18H,5-6H2,1-3H3,(H,15,19,20);4,6-8,10,14H,3H2,1-2H3;5H,4H2,1-3H3;4-5H,3H2,1-2H3/t;2*9?,10-,11?,12+,14-;8?,9-,10?,11+,13-;6-,7?,8-,10-;;/m.1111../s1. The van der Waals surface area contributed by atoms with Crippen LogP contribution in [0.1, 0.15) is 139 Å². The highest BCUT2D eigenvalue weighted by atomic mass is 35.5. The summed E-state index contributed by atoms with van der Waals surface area (Å²) in [5.41, 5.74) is 1.06. The molecule has 4 aromatic heterocycles. The number of halogens is 1.